The van der Waals surface area contributed by atoms with Gasteiger partial charge in [0.1, 0.15) is 5.69 Å². The van der Waals surface area contributed by atoms with Crippen molar-refractivity contribution in [2.75, 3.05) is 0 Å². The lowest BCUT2D eigenvalue weighted by atomic mass is 10.1. The smallest absolute Gasteiger partial charge is 0.213 e. The Bertz CT molecular complexity index is 1140. The molecule has 0 aromatic carbocycles. The summed E-state index contributed by atoms with van der Waals surface area (Å²) < 4.78 is 15.8. The van der Waals surface area contributed by atoms with Crippen molar-refractivity contribution < 1.29 is 4.39 Å². The third kappa shape index (κ3) is 4.10. The van der Waals surface area contributed by atoms with Crippen molar-refractivity contribution in [2.24, 2.45) is 0 Å². The van der Waals surface area contributed by atoms with Crippen molar-refractivity contribution in [2.45, 2.75) is 39.7 Å². The van der Waals surface area contributed by atoms with Gasteiger partial charge in [0.2, 0.25) is 5.95 Å². The number of rotatable bonds is 7. The highest BCUT2D eigenvalue weighted by molar-refractivity contribution is 5.60. The van der Waals surface area contributed by atoms with Gasteiger partial charge in [-0.2, -0.15) is 9.49 Å². The molecule has 0 spiro atoms. The molecule has 0 aliphatic heterocycles. The molecule has 0 amide bonds. The van der Waals surface area contributed by atoms with Gasteiger partial charge >= 0.3 is 0 Å². The van der Waals surface area contributed by atoms with E-state index >= 15 is 0 Å². The fourth-order valence-electron chi connectivity index (χ4n) is 3.56. The van der Waals surface area contributed by atoms with Gasteiger partial charge in [0.05, 0.1) is 23.6 Å². The van der Waals surface area contributed by atoms with Crippen molar-refractivity contribution in [1.82, 2.24) is 29.7 Å². The van der Waals surface area contributed by atoms with E-state index < -0.39 is 5.95 Å². The lowest BCUT2D eigenvalue weighted by molar-refractivity contribution is 0.584. The summed E-state index contributed by atoms with van der Waals surface area (Å²) >= 11 is 0. The van der Waals surface area contributed by atoms with E-state index in [2.05, 4.69) is 49.6 Å². The first kappa shape index (κ1) is 19.8. The van der Waals surface area contributed by atoms with Gasteiger partial charge in [-0.25, -0.2) is 15.0 Å². The summed E-state index contributed by atoms with van der Waals surface area (Å²) in [7, 11) is 0. The average Bonchev–Trinajstić information content (AvgIpc) is 3.18. The number of hydrogen-bond acceptors (Lipinski definition) is 5. The first-order chi connectivity index (χ1) is 14.7. The molecule has 0 N–H and O–H groups in total. The number of nitrogens with zero attached hydrogens (tertiary/aromatic N) is 6. The third-order valence-corrected chi connectivity index (χ3v) is 4.98. The van der Waals surface area contributed by atoms with Crippen LogP contribution in [-0.2, 0) is 19.4 Å². The molecule has 0 saturated carbocycles. The van der Waals surface area contributed by atoms with Crippen molar-refractivity contribution in [3.8, 4) is 22.9 Å². The molecule has 0 radical (unpaired) electrons. The second kappa shape index (κ2) is 8.90. The van der Waals surface area contributed by atoms with Crippen LogP contribution in [0.2, 0.25) is 0 Å². The average molecular weight is 402 g/mol. The van der Waals surface area contributed by atoms with E-state index in [4.69, 9.17) is 0 Å². The Kier molecular flexibility index (Phi) is 5.88. The Hall–Kier alpha value is -3.48. The summed E-state index contributed by atoms with van der Waals surface area (Å²) in [4.78, 5) is 12.7. The summed E-state index contributed by atoms with van der Waals surface area (Å²) in [6.45, 7) is 4.75. The van der Waals surface area contributed by atoms with Gasteiger partial charge in [-0.05, 0) is 54.3 Å². The highest BCUT2D eigenvalue weighted by Gasteiger charge is 2.16. The maximum atomic E-state index is 13.8. The van der Waals surface area contributed by atoms with Crippen LogP contribution < -0.4 is 0 Å². The number of aromatic nitrogens is 6. The van der Waals surface area contributed by atoms with Crippen molar-refractivity contribution >= 4 is 0 Å². The third-order valence-electron chi connectivity index (χ3n) is 4.98. The lowest BCUT2D eigenvalue weighted by Crippen LogP contribution is -2.09. The number of pyridine rings is 1. The highest BCUT2D eigenvalue weighted by Crippen LogP contribution is 2.26. The van der Waals surface area contributed by atoms with Crippen LogP contribution >= 0.6 is 0 Å². The van der Waals surface area contributed by atoms with E-state index in [1.54, 1.807) is 24.5 Å². The molecule has 0 saturated heterocycles. The van der Waals surface area contributed by atoms with Gasteiger partial charge in [-0.3, -0.25) is 0 Å². The Morgan fingerprint density at radius 2 is 1.77 bits per heavy atom. The Morgan fingerprint density at radius 3 is 2.50 bits per heavy atom. The van der Waals surface area contributed by atoms with Crippen molar-refractivity contribution in [1.29, 1.82) is 0 Å². The minimum Gasteiger partial charge on any atom is -0.340 e. The van der Waals surface area contributed by atoms with E-state index in [0.29, 0.717) is 23.8 Å². The predicted octanol–water partition coefficient (Wildman–Crippen LogP) is 4.50. The molecular formula is C23H23FN6. The molecule has 7 heteroatoms. The van der Waals surface area contributed by atoms with Crippen LogP contribution in [0.4, 0.5) is 4.39 Å². The SMILES string of the molecule is CCCc1cc(-c2ncccn2)nnc1Cn1ccc(CC)c1-c1cccc(F)n1. The molecule has 0 bridgehead atoms. The minimum atomic E-state index is -0.485. The van der Waals surface area contributed by atoms with E-state index in [0.717, 1.165) is 41.8 Å². The van der Waals surface area contributed by atoms with Gasteiger partial charge in [-0.15, -0.1) is 5.10 Å². The van der Waals surface area contributed by atoms with Crippen molar-refractivity contribution in [3.05, 3.63) is 77.8 Å². The Morgan fingerprint density at radius 1 is 0.933 bits per heavy atom. The standard InChI is InChI=1S/C23H23FN6/c1-3-7-17-14-19(23-25-11-6-12-26-23)28-29-20(17)15-30-13-10-16(4-2)22(30)18-8-5-9-21(24)27-18/h5-6,8-14H,3-4,7,15H2,1-2H3. The molecule has 152 valence electrons. The minimum absolute atomic E-state index is 0.485. The molecule has 0 unspecified atom stereocenters. The summed E-state index contributed by atoms with van der Waals surface area (Å²) in [6.07, 6.45) is 8.09. The van der Waals surface area contributed by atoms with Crippen LogP contribution in [-0.4, -0.2) is 29.7 Å². The summed E-state index contributed by atoms with van der Waals surface area (Å²) in [5.74, 6) is 0.0776. The molecule has 0 aliphatic rings. The molecular weight excluding hydrogens is 379 g/mol. The number of hydrogen-bond donors (Lipinski definition) is 0. The Labute approximate surface area is 174 Å². The van der Waals surface area contributed by atoms with E-state index in [1.807, 2.05) is 18.3 Å². The summed E-state index contributed by atoms with van der Waals surface area (Å²) in [5, 5.41) is 8.88. The summed E-state index contributed by atoms with van der Waals surface area (Å²) in [5.41, 5.74) is 5.31. The second-order valence-corrected chi connectivity index (χ2v) is 7.04. The van der Waals surface area contributed by atoms with E-state index in [1.165, 1.54) is 6.07 Å². The van der Waals surface area contributed by atoms with Gasteiger partial charge in [-0.1, -0.05) is 26.3 Å². The lowest BCUT2D eigenvalue weighted by Gasteiger charge is -2.13. The van der Waals surface area contributed by atoms with Crippen LogP contribution in [0.15, 0.2) is 55.0 Å². The zero-order chi connectivity index (χ0) is 20.9. The maximum absolute atomic E-state index is 13.8. The second-order valence-electron chi connectivity index (χ2n) is 7.04. The predicted molar refractivity (Wildman–Crippen MR) is 113 cm³/mol. The van der Waals surface area contributed by atoms with Crippen molar-refractivity contribution in [3.63, 3.8) is 0 Å². The fourth-order valence-corrected chi connectivity index (χ4v) is 3.56. The maximum Gasteiger partial charge on any atom is 0.213 e. The van der Waals surface area contributed by atoms with Gasteiger partial charge in [0.15, 0.2) is 5.82 Å². The first-order valence-corrected chi connectivity index (χ1v) is 10.1. The molecule has 4 rings (SSSR count). The van der Waals surface area contributed by atoms with Gasteiger partial charge in [0.25, 0.3) is 0 Å². The topological polar surface area (TPSA) is 69.4 Å². The molecule has 4 aromatic heterocycles. The normalized spacial score (nSPS) is 11.0. The zero-order valence-corrected chi connectivity index (χ0v) is 17.1. The highest BCUT2D eigenvalue weighted by atomic mass is 19.1. The van der Waals surface area contributed by atoms with Crippen LogP contribution in [0.25, 0.3) is 22.9 Å². The summed E-state index contributed by atoms with van der Waals surface area (Å²) in [6, 6.07) is 10.7. The Balaban J connectivity index is 1.73. The van der Waals surface area contributed by atoms with Crippen LogP contribution in [0, 0.1) is 5.95 Å². The number of aryl methyl sites for hydroxylation is 2. The van der Waals surface area contributed by atoms with Crippen LogP contribution in [0.5, 0.6) is 0 Å². The van der Waals surface area contributed by atoms with E-state index in [-0.39, 0.29) is 0 Å². The molecule has 0 aliphatic carbocycles. The molecule has 30 heavy (non-hydrogen) atoms. The van der Waals surface area contributed by atoms with Crippen LogP contribution in [0.3, 0.4) is 0 Å². The first-order valence-electron chi connectivity index (χ1n) is 10.1. The van der Waals surface area contributed by atoms with Crippen LogP contribution in [0.1, 0.15) is 37.1 Å². The molecule has 4 aromatic rings. The van der Waals surface area contributed by atoms with E-state index in [9.17, 15) is 4.39 Å². The molecule has 6 nitrogen and oxygen atoms in total. The largest absolute Gasteiger partial charge is 0.340 e. The number of halogens is 1. The quantitative estimate of drug-likeness (QED) is 0.426. The molecule has 0 fully saturated rings. The zero-order valence-electron chi connectivity index (χ0n) is 17.1. The molecule has 4 heterocycles. The fraction of sp³-hybridized carbons (Fsp3) is 0.261. The molecule has 0 atom stereocenters. The monoisotopic (exact) mass is 402 g/mol. The van der Waals surface area contributed by atoms with Gasteiger partial charge < -0.3 is 4.57 Å². The van der Waals surface area contributed by atoms with Gasteiger partial charge in [0, 0.05) is 18.6 Å².